The Morgan fingerprint density at radius 2 is 2.00 bits per heavy atom. The smallest absolute Gasteiger partial charge is 0.326 e. The lowest BCUT2D eigenvalue weighted by atomic mass is 9.87. The molecule has 1 N–H and O–H groups in total. The third-order valence-electron chi connectivity index (χ3n) is 2.00. The van der Waals surface area contributed by atoms with Crippen LogP contribution in [0.4, 0.5) is 0 Å². The highest BCUT2D eigenvalue weighted by Crippen LogP contribution is 2.13. The van der Waals surface area contributed by atoms with E-state index in [2.05, 4.69) is 4.98 Å². The standard InChI is InChI=1S/C11H9BNO/c14-12-10-5-3-4-9(8-10)11-6-1-2-7-13-11/h1-8,14H. The minimum Gasteiger partial charge on any atom is -0.450 e. The van der Waals surface area contributed by atoms with Crippen molar-refractivity contribution in [2.75, 3.05) is 0 Å². The van der Waals surface area contributed by atoms with Crippen molar-refractivity contribution in [2.45, 2.75) is 0 Å². The van der Waals surface area contributed by atoms with Gasteiger partial charge in [0.05, 0.1) is 5.69 Å². The Morgan fingerprint density at radius 1 is 1.07 bits per heavy atom. The Morgan fingerprint density at radius 3 is 2.71 bits per heavy atom. The summed E-state index contributed by atoms with van der Waals surface area (Å²) in [6.07, 6.45) is 1.75. The van der Waals surface area contributed by atoms with Crippen LogP contribution >= 0.6 is 0 Å². The lowest BCUT2D eigenvalue weighted by Gasteiger charge is -2.01. The van der Waals surface area contributed by atoms with Gasteiger partial charge in [0.1, 0.15) is 0 Å². The average Bonchev–Trinajstić information content (AvgIpc) is 2.30. The van der Waals surface area contributed by atoms with Crippen molar-refractivity contribution in [1.82, 2.24) is 4.98 Å². The third-order valence-corrected chi connectivity index (χ3v) is 2.00. The number of hydrogen-bond donors (Lipinski definition) is 1. The second kappa shape index (κ2) is 4.07. The molecule has 0 bridgehead atoms. The van der Waals surface area contributed by atoms with Crippen LogP contribution in [0.1, 0.15) is 0 Å². The summed E-state index contributed by atoms with van der Waals surface area (Å²) >= 11 is 0. The fourth-order valence-electron chi connectivity index (χ4n) is 1.31. The summed E-state index contributed by atoms with van der Waals surface area (Å²) in [5, 5.41) is 8.86. The highest BCUT2D eigenvalue weighted by Gasteiger charge is 1.99. The normalized spacial score (nSPS) is 9.79. The van der Waals surface area contributed by atoms with Gasteiger partial charge in [-0.1, -0.05) is 35.8 Å². The summed E-state index contributed by atoms with van der Waals surface area (Å²) in [6.45, 7) is 0. The van der Waals surface area contributed by atoms with Crippen molar-refractivity contribution < 1.29 is 5.02 Å². The summed E-state index contributed by atoms with van der Waals surface area (Å²) < 4.78 is 0. The van der Waals surface area contributed by atoms with Gasteiger partial charge in [-0.15, -0.1) is 0 Å². The minimum atomic E-state index is 0.785. The molecular formula is C11H9BNO. The number of aromatic nitrogens is 1. The molecule has 2 rings (SSSR count). The zero-order valence-corrected chi connectivity index (χ0v) is 7.59. The SMILES string of the molecule is O[B]c1cccc(-c2ccccn2)c1. The van der Waals surface area contributed by atoms with Gasteiger partial charge in [0.15, 0.2) is 0 Å². The Labute approximate surface area is 83.5 Å². The van der Waals surface area contributed by atoms with Crippen LogP contribution in [0, 0.1) is 0 Å². The highest BCUT2D eigenvalue weighted by atomic mass is 16.2. The van der Waals surface area contributed by atoms with Gasteiger partial charge in [-0.25, -0.2) is 0 Å². The number of hydrogen-bond acceptors (Lipinski definition) is 2. The first kappa shape index (κ1) is 8.97. The Balaban J connectivity index is 2.42. The van der Waals surface area contributed by atoms with Crippen LogP contribution in [0.15, 0.2) is 48.7 Å². The fraction of sp³-hybridized carbons (Fsp3) is 0. The van der Waals surface area contributed by atoms with E-state index in [-0.39, 0.29) is 0 Å². The van der Waals surface area contributed by atoms with Crippen LogP contribution in [0.5, 0.6) is 0 Å². The van der Waals surface area contributed by atoms with Crippen molar-refractivity contribution in [2.24, 2.45) is 0 Å². The summed E-state index contributed by atoms with van der Waals surface area (Å²) in [5.41, 5.74) is 2.71. The Kier molecular flexibility index (Phi) is 2.61. The Hall–Kier alpha value is -1.61. The van der Waals surface area contributed by atoms with Crippen molar-refractivity contribution in [3.05, 3.63) is 48.7 Å². The summed E-state index contributed by atoms with van der Waals surface area (Å²) in [4.78, 5) is 4.23. The molecule has 1 heterocycles. The highest BCUT2D eigenvalue weighted by molar-refractivity contribution is 6.45. The molecule has 2 aromatic rings. The largest absolute Gasteiger partial charge is 0.450 e. The first-order valence-electron chi connectivity index (χ1n) is 4.39. The molecule has 0 saturated carbocycles. The molecule has 1 aromatic carbocycles. The lowest BCUT2D eigenvalue weighted by Crippen LogP contribution is -2.12. The van der Waals surface area contributed by atoms with Gasteiger partial charge in [-0.2, -0.15) is 0 Å². The van der Waals surface area contributed by atoms with E-state index in [1.807, 2.05) is 42.5 Å². The average molecular weight is 182 g/mol. The van der Waals surface area contributed by atoms with E-state index in [4.69, 9.17) is 5.02 Å². The maximum Gasteiger partial charge on any atom is 0.326 e. The molecule has 0 unspecified atom stereocenters. The maximum absolute atomic E-state index is 8.86. The molecule has 2 nitrogen and oxygen atoms in total. The van der Waals surface area contributed by atoms with Gasteiger partial charge in [-0.05, 0) is 17.7 Å². The number of nitrogens with zero attached hydrogens (tertiary/aromatic N) is 1. The van der Waals surface area contributed by atoms with Crippen LogP contribution in [-0.2, 0) is 0 Å². The molecule has 3 heteroatoms. The van der Waals surface area contributed by atoms with E-state index >= 15 is 0 Å². The van der Waals surface area contributed by atoms with Gasteiger partial charge in [-0.3, -0.25) is 4.98 Å². The van der Waals surface area contributed by atoms with E-state index in [1.54, 1.807) is 6.20 Å². The van der Waals surface area contributed by atoms with Gasteiger partial charge < -0.3 is 5.02 Å². The van der Waals surface area contributed by atoms with Crippen LogP contribution in [0.2, 0.25) is 0 Å². The van der Waals surface area contributed by atoms with Gasteiger partial charge in [0.25, 0.3) is 0 Å². The zero-order valence-electron chi connectivity index (χ0n) is 7.59. The van der Waals surface area contributed by atoms with Crippen LogP contribution < -0.4 is 5.46 Å². The molecule has 0 aliphatic carbocycles. The van der Waals surface area contributed by atoms with Crippen molar-refractivity contribution in [3.8, 4) is 11.3 Å². The van der Waals surface area contributed by atoms with Gasteiger partial charge in [0, 0.05) is 6.20 Å². The molecule has 1 radical (unpaired) electrons. The molecule has 0 atom stereocenters. The van der Waals surface area contributed by atoms with E-state index in [1.165, 1.54) is 0 Å². The second-order valence-electron chi connectivity index (χ2n) is 2.97. The molecule has 67 valence electrons. The van der Waals surface area contributed by atoms with Crippen LogP contribution in [-0.4, -0.2) is 17.5 Å². The molecule has 0 aliphatic rings. The van der Waals surface area contributed by atoms with E-state index in [0.29, 0.717) is 0 Å². The molecule has 0 fully saturated rings. The number of pyridine rings is 1. The molecule has 1 aromatic heterocycles. The topological polar surface area (TPSA) is 33.1 Å². The first-order chi connectivity index (χ1) is 6.90. The molecular weight excluding hydrogens is 173 g/mol. The minimum absolute atomic E-state index is 0.785. The molecule has 0 spiro atoms. The van der Waals surface area contributed by atoms with Crippen molar-refractivity contribution in [3.63, 3.8) is 0 Å². The number of benzene rings is 1. The first-order valence-corrected chi connectivity index (χ1v) is 4.39. The lowest BCUT2D eigenvalue weighted by molar-refractivity contribution is 0.615. The zero-order chi connectivity index (χ0) is 9.80. The monoisotopic (exact) mass is 182 g/mol. The maximum atomic E-state index is 8.86. The summed E-state index contributed by atoms with van der Waals surface area (Å²) in [6, 6.07) is 13.4. The molecule has 0 aliphatic heterocycles. The quantitative estimate of drug-likeness (QED) is 0.702. The molecule has 14 heavy (non-hydrogen) atoms. The predicted octanol–water partition coefficient (Wildman–Crippen LogP) is 0.985. The Bertz CT molecular complexity index is 417. The van der Waals surface area contributed by atoms with Gasteiger partial charge in [0.2, 0.25) is 0 Å². The van der Waals surface area contributed by atoms with Crippen molar-refractivity contribution >= 4 is 12.9 Å². The predicted molar refractivity (Wildman–Crippen MR) is 57.3 cm³/mol. The van der Waals surface area contributed by atoms with Gasteiger partial charge >= 0.3 is 7.48 Å². The van der Waals surface area contributed by atoms with Crippen LogP contribution in [0.25, 0.3) is 11.3 Å². The van der Waals surface area contributed by atoms with E-state index < -0.39 is 0 Å². The van der Waals surface area contributed by atoms with E-state index in [0.717, 1.165) is 24.2 Å². The fourth-order valence-corrected chi connectivity index (χ4v) is 1.31. The third kappa shape index (κ3) is 1.83. The summed E-state index contributed by atoms with van der Waals surface area (Å²) in [5.74, 6) is 0. The number of rotatable bonds is 2. The second-order valence-corrected chi connectivity index (χ2v) is 2.97. The van der Waals surface area contributed by atoms with E-state index in [9.17, 15) is 0 Å². The van der Waals surface area contributed by atoms with Crippen LogP contribution in [0.3, 0.4) is 0 Å². The molecule has 0 amide bonds. The summed E-state index contributed by atoms with van der Waals surface area (Å²) in [7, 11) is 1.09. The molecule has 0 saturated heterocycles. The van der Waals surface area contributed by atoms with Crippen molar-refractivity contribution in [1.29, 1.82) is 0 Å².